The molecule has 1 aromatic rings. The van der Waals surface area contributed by atoms with Gasteiger partial charge in [0.1, 0.15) is 0 Å². The second-order valence-electron chi connectivity index (χ2n) is 5.35. The van der Waals surface area contributed by atoms with Crippen molar-refractivity contribution in [1.29, 1.82) is 5.26 Å². The molecule has 0 radical (unpaired) electrons. The number of halogens is 1. The smallest absolute Gasteiger partial charge is 0.243 e. The minimum absolute atomic E-state index is 0. The fraction of sp³-hybridized carbons (Fsp3) is 0.533. The molecule has 0 aliphatic carbocycles. The Morgan fingerprint density at radius 2 is 2.18 bits per heavy atom. The number of hydrogen-bond acceptors (Lipinski definition) is 4. The number of sulfonamides is 1. The Bertz CT molecular complexity index is 649. The van der Waals surface area contributed by atoms with E-state index in [4.69, 9.17) is 5.26 Å². The maximum Gasteiger partial charge on any atom is 0.243 e. The number of nitriles is 1. The number of rotatable bonds is 5. The molecule has 0 saturated carbocycles. The lowest BCUT2D eigenvalue weighted by Gasteiger charge is -2.27. The van der Waals surface area contributed by atoms with Crippen LogP contribution in [-0.4, -0.2) is 38.4 Å². The zero-order chi connectivity index (χ0) is 15.5. The average molecular weight is 344 g/mol. The zero-order valence-corrected chi connectivity index (χ0v) is 14.5. The molecule has 5 nitrogen and oxygen atoms in total. The molecule has 1 N–H and O–H groups in total. The second kappa shape index (κ2) is 7.93. The molecule has 1 atom stereocenters. The summed E-state index contributed by atoms with van der Waals surface area (Å²) in [5.41, 5.74) is 1.21. The van der Waals surface area contributed by atoms with Gasteiger partial charge in [-0.2, -0.15) is 9.57 Å². The van der Waals surface area contributed by atoms with E-state index in [2.05, 4.69) is 11.4 Å². The van der Waals surface area contributed by atoms with Crippen LogP contribution in [-0.2, 0) is 10.0 Å². The molecule has 22 heavy (non-hydrogen) atoms. The maximum absolute atomic E-state index is 12.9. The van der Waals surface area contributed by atoms with Crippen molar-refractivity contribution >= 4 is 22.4 Å². The van der Waals surface area contributed by atoms with Crippen molar-refractivity contribution in [1.82, 2.24) is 9.62 Å². The molecule has 1 fully saturated rings. The fourth-order valence-corrected chi connectivity index (χ4v) is 4.49. The lowest BCUT2D eigenvalue weighted by Crippen LogP contribution is -2.42. The van der Waals surface area contributed by atoms with Crippen LogP contribution < -0.4 is 5.32 Å². The lowest BCUT2D eigenvalue weighted by molar-refractivity contribution is 0.335. The second-order valence-corrected chi connectivity index (χ2v) is 7.24. The number of benzene rings is 1. The maximum atomic E-state index is 12.9. The lowest BCUT2D eigenvalue weighted by atomic mass is 10.1. The standard InChI is InChI=1S/C15H21N3O2S.ClH/c1-3-8-18(14-6-7-17-11-14)21(19,20)15-5-4-13(10-16)12(2)9-15;/h4-5,9,14,17H,3,6-8,11H2,1-2H3;1H. The van der Waals surface area contributed by atoms with Gasteiger partial charge in [-0.15, -0.1) is 12.4 Å². The van der Waals surface area contributed by atoms with Gasteiger partial charge in [0.05, 0.1) is 16.5 Å². The third-order valence-corrected chi connectivity index (χ3v) is 5.76. The van der Waals surface area contributed by atoms with Crippen molar-refractivity contribution in [3.05, 3.63) is 29.3 Å². The van der Waals surface area contributed by atoms with Crippen LogP contribution in [0.3, 0.4) is 0 Å². The van der Waals surface area contributed by atoms with Gasteiger partial charge < -0.3 is 5.32 Å². The largest absolute Gasteiger partial charge is 0.315 e. The predicted octanol–water partition coefficient (Wildman–Crippen LogP) is 2.05. The Morgan fingerprint density at radius 3 is 2.68 bits per heavy atom. The molecule has 1 aliphatic heterocycles. The highest BCUT2D eigenvalue weighted by Gasteiger charge is 2.32. The molecule has 0 spiro atoms. The third kappa shape index (κ3) is 3.79. The molecule has 0 amide bonds. The summed E-state index contributed by atoms with van der Waals surface area (Å²) in [6.45, 7) is 5.82. The first-order chi connectivity index (χ1) is 10.0. The monoisotopic (exact) mass is 343 g/mol. The Kier molecular flexibility index (Phi) is 6.82. The summed E-state index contributed by atoms with van der Waals surface area (Å²) in [5, 5.41) is 12.2. The van der Waals surface area contributed by atoms with Gasteiger partial charge in [-0.25, -0.2) is 8.42 Å². The number of aryl methyl sites for hydroxylation is 1. The first kappa shape index (κ1) is 18.9. The van der Waals surface area contributed by atoms with Gasteiger partial charge in [-0.05, 0) is 50.1 Å². The van der Waals surface area contributed by atoms with Crippen LogP contribution in [0.2, 0.25) is 0 Å². The van der Waals surface area contributed by atoms with Crippen molar-refractivity contribution < 1.29 is 8.42 Å². The molecule has 122 valence electrons. The highest BCUT2D eigenvalue weighted by atomic mass is 35.5. The van der Waals surface area contributed by atoms with E-state index in [0.717, 1.165) is 19.4 Å². The Morgan fingerprint density at radius 1 is 1.45 bits per heavy atom. The summed E-state index contributed by atoms with van der Waals surface area (Å²) in [7, 11) is -3.51. The van der Waals surface area contributed by atoms with Gasteiger partial charge in [-0.1, -0.05) is 6.92 Å². The van der Waals surface area contributed by atoms with Gasteiger partial charge in [0.2, 0.25) is 10.0 Å². The molecule has 1 heterocycles. The summed E-state index contributed by atoms with van der Waals surface area (Å²) in [6.07, 6.45) is 1.62. The van der Waals surface area contributed by atoms with Crippen LogP contribution in [0.15, 0.2) is 23.1 Å². The minimum Gasteiger partial charge on any atom is -0.315 e. The van der Waals surface area contributed by atoms with E-state index in [1.807, 2.05) is 6.92 Å². The van der Waals surface area contributed by atoms with E-state index in [1.54, 1.807) is 23.4 Å². The van der Waals surface area contributed by atoms with E-state index in [9.17, 15) is 8.42 Å². The summed E-state index contributed by atoms with van der Waals surface area (Å²) in [6, 6.07) is 6.80. The Labute approximate surface area is 138 Å². The van der Waals surface area contributed by atoms with E-state index in [1.165, 1.54) is 6.07 Å². The molecular weight excluding hydrogens is 322 g/mol. The summed E-state index contributed by atoms with van der Waals surface area (Å²) in [5.74, 6) is 0. The van der Waals surface area contributed by atoms with Crippen LogP contribution in [0, 0.1) is 18.3 Å². The van der Waals surface area contributed by atoms with Crippen LogP contribution >= 0.6 is 12.4 Å². The summed E-state index contributed by atoms with van der Waals surface area (Å²) < 4.78 is 27.4. The average Bonchev–Trinajstić information content (AvgIpc) is 2.98. The number of nitrogens with zero attached hydrogens (tertiary/aromatic N) is 2. The molecule has 1 aliphatic rings. The van der Waals surface area contributed by atoms with Crippen molar-refractivity contribution in [3.8, 4) is 6.07 Å². The van der Waals surface area contributed by atoms with Crippen molar-refractivity contribution in [2.75, 3.05) is 19.6 Å². The van der Waals surface area contributed by atoms with Crippen molar-refractivity contribution in [2.45, 2.75) is 37.6 Å². The highest BCUT2D eigenvalue weighted by molar-refractivity contribution is 7.89. The van der Waals surface area contributed by atoms with E-state index >= 15 is 0 Å². The normalized spacial score (nSPS) is 18.0. The topological polar surface area (TPSA) is 73.2 Å². The summed E-state index contributed by atoms with van der Waals surface area (Å²) >= 11 is 0. The van der Waals surface area contributed by atoms with Crippen molar-refractivity contribution in [3.63, 3.8) is 0 Å². The van der Waals surface area contributed by atoms with E-state index < -0.39 is 10.0 Å². The van der Waals surface area contributed by atoms with Gasteiger partial charge >= 0.3 is 0 Å². The van der Waals surface area contributed by atoms with Gasteiger partial charge in [0.15, 0.2) is 0 Å². The first-order valence-electron chi connectivity index (χ1n) is 7.24. The first-order valence-corrected chi connectivity index (χ1v) is 8.68. The number of hydrogen-bond donors (Lipinski definition) is 1. The molecule has 1 saturated heterocycles. The quantitative estimate of drug-likeness (QED) is 0.888. The van der Waals surface area contributed by atoms with Crippen LogP contribution in [0.1, 0.15) is 30.9 Å². The zero-order valence-electron chi connectivity index (χ0n) is 12.9. The van der Waals surface area contributed by atoms with Crippen LogP contribution in [0.25, 0.3) is 0 Å². The van der Waals surface area contributed by atoms with Crippen LogP contribution in [0.4, 0.5) is 0 Å². The summed E-state index contributed by atoms with van der Waals surface area (Å²) in [4.78, 5) is 0.277. The fourth-order valence-electron chi connectivity index (χ4n) is 2.66. The minimum atomic E-state index is -3.51. The van der Waals surface area contributed by atoms with Gasteiger partial charge in [-0.3, -0.25) is 0 Å². The molecule has 7 heteroatoms. The molecule has 0 aromatic heterocycles. The molecular formula is C15H22ClN3O2S. The molecule has 1 aromatic carbocycles. The third-order valence-electron chi connectivity index (χ3n) is 3.81. The van der Waals surface area contributed by atoms with Crippen molar-refractivity contribution in [2.24, 2.45) is 0 Å². The molecule has 1 unspecified atom stereocenters. The van der Waals surface area contributed by atoms with Gasteiger partial charge in [0.25, 0.3) is 0 Å². The Hall–Kier alpha value is -1.13. The van der Waals surface area contributed by atoms with E-state index in [0.29, 0.717) is 24.2 Å². The van der Waals surface area contributed by atoms with Crippen LogP contribution in [0.5, 0.6) is 0 Å². The Balaban J connectivity index is 0.00000242. The molecule has 2 rings (SSSR count). The number of nitrogens with one attached hydrogen (secondary N) is 1. The van der Waals surface area contributed by atoms with Gasteiger partial charge in [0, 0.05) is 19.1 Å². The predicted molar refractivity (Wildman–Crippen MR) is 88.6 cm³/mol. The van der Waals surface area contributed by atoms with E-state index in [-0.39, 0.29) is 23.3 Å². The molecule has 0 bridgehead atoms. The highest BCUT2D eigenvalue weighted by Crippen LogP contribution is 2.23. The SMILES string of the molecule is CCCN(C1CCNC1)S(=O)(=O)c1ccc(C#N)c(C)c1.Cl.